The molecule has 1 aromatic carbocycles. The van der Waals surface area contributed by atoms with Crippen LogP contribution >= 0.6 is 11.6 Å². The molecule has 0 N–H and O–H groups in total. The fraction of sp³-hybridized carbons (Fsp3) is 0. The fourth-order valence-corrected chi connectivity index (χ4v) is 0.882. The second-order valence-electron chi connectivity index (χ2n) is 2.27. The van der Waals surface area contributed by atoms with E-state index in [0.717, 1.165) is 24.3 Å². The van der Waals surface area contributed by atoms with Gasteiger partial charge in [0.05, 0.1) is 0 Å². The van der Waals surface area contributed by atoms with Crippen LogP contribution in [0.3, 0.4) is 0 Å². The van der Waals surface area contributed by atoms with Crippen LogP contribution in [-0.2, 0) is 4.79 Å². The molecule has 0 heterocycles. The molecule has 68 valence electrons. The Morgan fingerprint density at radius 2 is 1.85 bits per heavy atom. The van der Waals surface area contributed by atoms with E-state index in [-0.39, 0.29) is 5.56 Å². The lowest BCUT2D eigenvalue weighted by atomic mass is 10.2. The Balaban J connectivity index is 3.06. The van der Waals surface area contributed by atoms with Gasteiger partial charge in [-0.3, -0.25) is 4.79 Å². The molecule has 1 aromatic rings. The molecule has 0 amide bonds. The maximum atomic E-state index is 12.9. The second kappa shape index (κ2) is 4.14. The average molecular weight is 203 g/mol. The van der Waals surface area contributed by atoms with Crippen molar-refractivity contribution in [2.45, 2.75) is 0 Å². The lowest BCUT2D eigenvalue weighted by Gasteiger charge is -1.96. The van der Waals surface area contributed by atoms with E-state index in [4.69, 9.17) is 11.6 Å². The van der Waals surface area contributed by atoms with Crippen LogP contribution in [0.15, 0.2) is 24.3 Å². The molecule has 0 aromatic heterocycles. The average Bonchev–Trinajstić information content (AvgIpc) is 2.03. The first-order valence-corrected chi connectivity index (χ1v) is 3.80. The molecule has 0 aliphatic carbocycles. The number of halogens is 3. The highest BCUT2D eigenvalue weighted by molar-refractivity contribution is 6.66. The van der Waals surface area contributed by atoms with Gasteiger partial charge in [-0.1, -0.05) is 6.07 Å². The molecule has 0 spiro atoms. The van der Waals surface area contributed by atoms with E-state index < -0.39 is 16.9 Å². The molecule has 1 rings (SSSR count). The molecule has 13 heavy (non-hydrogen) atoms. The van der Waals surface area contributed by atoms with E-state index in [2.05, 4.69) is 0 Å². The summed E-state index contributed by atoms with van der Waals surface area (Å²) < 4.78 is 25.7. The molecule has 0 radical (unpaired) electrons. The summed E-state index contributed by atoms with van der Waals surface area (Å²) in [4.78, 5) is 10.3. The van der Waals surface area contributed by atoms with Gasteiger partial charge >= 0.3 is 0 Å². The maximum absolute atomic E-state index is 12.9. The molecule has 1 nitrogen and oxygen atoms in total. The molecule has 0 atom stereocenters. The second-order valence-corrected chi connectivity index (χ2v) is 2.65. The Morgan fingerprint density at radius 3 is 2.31 bits per heavy atom. The van der Waals surface area contributed by atoms with Gasteiger partial charge in [0.25, 0.3) is 0 Å². The Bertz CT molecular complexity index is 340. The Kier molecular flexibility index (Phi) is 3.14. The minimum Gasteiger partial charge on any atom is -0.276 e. The van der Waals surface area contributed by atoms with Crippen LogP contribution in [0.25, 0.3) is 6.08 Å². The topological polar surface area (TPSA) is 17.1 Å². The predicted octanol–water partition coefficient (Wildman–Crippen LogP) is 2.74. The lowest BCUT2D eigenvalue weighted by molar-refractivity contribution is -0.107. The number of allylic oxidation sites excluding steroid dienone is 1. The van der Waals surface area contributed by atoms with E-state index >= 15 is 0 Å². The monoisotopic (exact) mass is 202 g/mol. The first kappa shape index (κ1) is 9.86. The highest BCUT2D eigenvalue weighted by Crippen LogP contribution is 2.13. The predicted molar refractivity (Wildman–Crippen MR) is 46.3 cm³/mol. The normalized spacial score (nSPS) is 10.7. The van der Waals surface area contributed by atoms with Crippen molar-refractivity contribution >= 4 is 22.9 Å². The highest BCUT2D eigenvalue weighted by atomic mass is 35.5. The van der Waals surface area contributed by atoms with E-state index in [1.807, 2.05) is 0 Å². The van der Waals surface area contributed by atoms with Crippen LogP contribution in [0.2, 0.25) is 0 Å². The summed E-state index contributed by atoms with van der Waals surface area (Å²) in [5.41, 5.74) is -0.267. The Labute approximate surface area is 78.6 Å². The molecule has 0 bridgehead atoms. The zero-order valence-electron chi connectivity index (χ0n) is 6.43. The standard InChI is InChI=1S/C9H5ClF2O/c10-9(13)5-4-6-7(11)2-1-3-8(6)12/h1-5H. The molecular weight excluding hydrogens is 198 g/mol. The molecule has 0 saturated carbocycles. The summed E-state index contributed by atoms with van der Waals surface area (Å²) in [6.45, 7) is 0. The third-order valence-electron chi connectivity index (χ3n) is 1.38. The number of hydrogen-bond acceptors (Lipinski definition) is 1. The summed E-state index contributed by atoms with van der Waals surface area (Å²) in [5.74, 6) is -1.46. The van der Waals surface area contributed by atoms with Crippen molar-refractivity contribution in [3.8, 4) is 0 Å². The van der Waals surface area contributed by atoms with Gasteiger partial charge in [0, 0.05) is 5.56 Å². The van der Waals surface area contributed by atoms with Gasteiger partial charge in [-0.25, -0.2) is 8.78 Å². The SMILES string of the molecule is O=C(Cl)C=Cc1c(F)cccc1F. The summed E-state index contributed by atoms with van der Waals surface area (Å²) in [5, 5.41) is -0.775. The van der Waals surface area contributed by atoms with Crippen LogP contribution < -0.4 is 0 Å². The van der Waals surface area contributed by atoms with E-state index in [1.54, 1.807) is 0 Å². The summed E-state index contributed by atoms with van der Waals surface area (Å²) in [6, 6.07) is 3.44. The highest BCUT2D eigenvalue weighted by Gasteiger charge is 2.04. The summed E-state index contributed by atoms with van der Waals surface area (Å²) in [7, 11) is 0. The Morgan fingerprint density at radius 1 is 1.31 bits per heavy atom. The smallest absolute Gasteiger partial charge is 0.245 e. The molecule has 0 unspecified atom stereocenters. The number of rotatable bonds is 2. The van der Waals surface area contributed by atoms with Gasteiger partial charge in [-0.05, 0) is 35.9 Å². The van der Waals surface area contributed by atoms with Crippen LogP contribution in [-0.4, -0.2) is 5.24 Å². The van der Waals surface area contributed by atoms with Gasteiger partial charge in [0.1, 0.15) is 11.6 Å². The van der Waals surface area contributed by atoms with Gasteiger partial charge in [0.15, 0.2) is 0 Å². The van der Waals surface area contributed by atoms with E-state index in [9.17, 15) is 13.6 Å². The minimum absolute atomic E-state index is 0.267. The number of carbonyl (C=O) groups is 1. The molecule has 4 heteroatoms. The van der Waals surface area contributed by atoms with Crippen LogP contribution in [0.5, 0.6) is 0 Å². The van der Waals surface area contributed by atoms with Gasteiger partial charge in [-0.2, -0.15) is 0 Å². The molecule has 0 aliphatic heterocycles. The number of benzene rings is 1. The van der Waals surface area contributed by atoms with Crippen LogP contribution in [0.4, 0.5) is 8.78 Å². The zero-order chi connectivity index (χ0) is 9.84. The van der Waals surface area contributed by atoms with Gasteiger partial charge < -0.3 is 0 Å². The number of carbonyl (C=O) groups excluding carboxylic acids is 1. The summed E-state index contributed by atoms with van der Waals surface area (Å²) in [6.07, 6.45) is 1.89. The van der Waals surface area contributed by atoms with Gasteiger partial charge in [0.2, 0.25) is 5.24 Å². The van der Waals surface area contributed by atoms with Crippen LogP contribution in [0, 0.1) is 11.6 Å². The molecule has 0 saturated heterocycles. The van der Waals surface area contributed by atoms with Crippen LogP contribution in [0.1, 0.15) is 5.56 Å². The molecule has 0 aliphatic rings. The van der Waals surface area contributed by atoms with Crippen molar-refractivity contribution in [3.05, 3.63) is 41.5 Å². The quantitative estimate of drug-likeness (QED) is 0.532. The first-order valence-electron chi connectivity index (χ1n) is 3.43. The maximum Gasteiger partial charge on any atom is 0.245 e. The van der Waals surface area contributed by atoms with Crippen molar-refractivity contribution in [3.63, 3.8) is 0 Å². The lowest BCUT2D eigenvalue weighted by Crippen LogP contribution is -1.88. The van der Waals surface area contributed by atoms with Crippen molar-refractivity contribution in [2.24, 2.45) is 0 Å². The van der Waals surface area contributed by atoms with Crippen molar-refractivity contribution < 1.29 is 13.6 Å². The third-order valence-corrected chi connectivity index (χ3v) is 1.51. The minimum atomic E-state index is -0.775. The van der Waals surface area contributed by atoms with E-state index in [1.165, 1.54) is 6.07 Å². The number of hydrogen-bond donors (Lipinski definition) is 0. The Hall–Kier alpha value is -1.22. The molecule has 0 fully saturated rings. The van der Waals surface area contributed by atoms with Crippen molar-refractivity contribution in [1.82, 2.24) is 0 Å². The summed E-state index contributed by atoms with van der Waals surface area (Å²) >= 11 is 4.96. The zero-order valence-corrected chi connectivity index (χ0v) is 7.18. The van der Waals surface area contributed by atoms with E-state index in [0.29, 0.717) is 0 Å². The third kappa shape index (κ3) is 2.63. The molecular formula is C9H5ClF2O. The first-order chi connectivity index (χ1) is 6.11. The fourth-order valence-electron chi connectivity index (χ4n) is 0.819. The van der Waals surface area contributed by atoms with Crippen molar-refractivity contribution in [1.29, 1.82) is 0 Å². The van der Waals surface area contributed by atoms with Gasteiger partial charge in [-0.15, -0.1) is 0 Å². The van der Waals surface area contributed by atoms with Crippen molar-refractivity contribution in [2.75, 3.05) is 0 Å². The largest absolute Gasteiger partial charge is 0.276 e.